The molecule has 0 saturated heterocycles. The van der Waals surface area contributed by atoms with Crippen molar-refractivity contribution < 1.29 is 0 Å². The summed E-state index contributed by atoms with van der Waals surface area (Å²) < 4.78 is 2.33. The van der Waals surface area contributed by atoms with Gasteiger partial charge in [-0.15, -0.1) is 11.3 Å². The Morgan fingerprint density at radius 2 is 2.26 bits per heavy atom. The second kappa shape index (κ2) is 7.46. The molecule has 2 aromatic rings. The molecule has 0 bridgehead atoms. The predicted octanol–water partition coefficient (Wildman–Crippen LogP) is 3.83. The van der Waals surface area contributed by atoms with Crippen molar-refractivity contribution in [1.29, 1.82) is 0 Å². The molecule has 1 N–H and O–H groups in total. The third-order valence-electron chi connectivity index (χ3n) is 3.25. The summed E-state index contributed by atoms with van der Waals surface area (Å²) in [5.41, 5.74) is 1.28. The predicted molar refractivity (Wildman–Crippen MR) is 81.6 cm³/mol. The summed E-state index contributed by atoms with van der Waals surface area (Å²) in [6.07, 6.45) is 7.47. The average Bonchev–Trinajstić information content (AvgIpc) is 3.08. The third kappa shape index (κ3) is 3.67. The molecule has 0 saturated carbocycles. The fourth-order valence-electron chi connectivity index (χ4n) is 2.32. The normalized spacial score (nSPS) is 12.7. The van der Waals surface area contributed by atoms with Crippen LogP contribution in [-0.2, 0) is 6.54 Å². The molecule has 19 heavy (non-hydrogen) atoms. The first-order valence-corrected chi connectivity index (χ1v) is 7.99. The molecule has 0 aliphatic rings. The second-order valence-electron chi connectivity index (χ2n) is 4.79. The van der Waals surface area contributed by atoms with Crippen LogP contribution in [-0.4, -0.2) is 16.1 Å². The van der Waals surface area contributed by atoms with Crippen molar-refractivity contribution in [2.45, 2.75) is 45.7 Å². The van der Waals surface area contributed by atoms with Crippen molar-refractivity contribution >= 4 is 11.3 Å². The Morgan fingerprint density at radius 3 is 2.95 bits per heavy atom. The highest BCUT2D eigenvalue weighted by molar-refractivity contribution is 7.10. The van der Waals surface area contributed by atoms with Crippen LogP contribution >= 0.6 is 11.3 Å². The highest BCUT2D eigenvalue weighted by atomic mass is 32.1. The Bertz CT molecular complexity index is 461. The third-order valence-corrected chi connectivity index (χ3v) is 4.22. The zero-order valence-corrected chi connectivity index (χ0v) is 12.6. The van der Waals surface area contributed by atoms with E-state index in [0.717, 1.165) is 25.9 Å². The van der Waals surface area contributed by atoms with Crippen LogP contribution in [0.1, 0.15) is 49.7 Å². The topological polar surface area (TPSA) is 29.9 Å². The van der Waals surface area contributed by atoms with Gasteiger partial charge in [-0.3, -0.25) is 0 Å². The number of hydrogen-bond donors (Lipinski definition) is 1. The highest BCUT2D eigenvalue weighted by Crippen LogP contribution is 2.28. The summed E-state index contributed by atoms with van der Waals surface area (Å²) in [6.45, 7) is 6.39. The van der Waals surface area contributed by atoms with E-state index >= 15 is 0 Å². The van der Waals surface area contributed by atoms with Crippen molar-refractivity contribution in [2.24, 2.45) is 0 Å². The summed E-state index contributed by atoms with van der Waals surface area (Å²) in [5.74, 6) is 0. The number of rotatable bonds is 8. The van der Waals surface area contributed by atoms with Gasteiger partial charge in [0.05, 0.1) is 18.1 Å². The second-order valence-corrected chi connectivity index (χ2v) is 5.77. The van der Waals surface area contributed by atoms with Gasteiger partial charge in [-0.1, -0.05) is 26.3 Å². The van der Waals surface area contributed by atoms with Gasteiger partial charge in [0.2, 0.25) is 0 Å². The van der Waals surface area contributed by atoms with Crippen molar-refractivity contribution in [3.8, 4) is 0 Å². The summed E-state index contributed by atoms with van der Waals surface area (Å²) in [7, 11) is 0. The lowest BCUT2D eigenvalue weighted by molar-refractivity contribution is 0.511. The van der Waals surface area contributed by atoms with Crippen LogP contribution in [0.25, 0.3) is 0 Å². The van der Waals surface area contributed by atoms with E-state index in [-0.39, 0.29) is 0 Å². The molecule has 0 spiro atoms. The van der Waals surface area contributed by atoms with Gasteiger partial charge in [0.25, 0.3) is 0 Å². The van der Waals surface area contributed by atoms with E-state index in [1.54, 1.807) is 0 Å². The molecular formula is C15H23N3S. The number of imidazole rings is 1. The molecule has 0 fully saturated rings. The minimum absolute atomic E-state index is 0.436. The van der Waals surface area contributed by atoms with E-state index in [0.29, 0.717) is 6.04 Å². The minimum atomic E-state index is 0.436. The van der Waals surface area contributed by atoms with E-state index in [9.17, 15) is 0 Å². The molecule has 4 heteroatoms. The molecule has 2 heterocycles. The SMILES string of the molecule is CCCNCc1cncn1C(CCC)c1cccs1. The van der Waals surface area contributed by atoms with E-state index < -0.39 is 0 Å². The van der Waals surface area contributed by atoms with Crippen LogP contribution in [0.4, 0.5) is 0 Å². The molecule has 2 aromatic heterocycles. The molecule has 0 amide bonds. The Kier molecular flexibility index (Phi) is 5.61. The van der Waals surface area contributed by atoms with Gasteiger partial charge >= 0.3 is 0 Å². The molecule has 1 atom stereocenters. The summed E-state index contributed by atoms with van der Waals surface area (Å²) >= 11 is 1.84. The van der Waals surface area contributed by atoms with Crippen LogP contribution in [0.2, 0.25) is 0 Å². The number of nitrogens with zero attached hydrogens (tertiary/aromatic N) is 2. The zero-order chi connectivity index (χ0) is 13.5. The molecule has 104 valence electrons. The smallest absolute Gasteiger partial charge is 0.0954 e. The lowest BCUT2D eigenvalue weighted by Gasteiger charge is -2.19. The fraction of sp³-hybridized carbons (Fsp3) is 0.533. The molecule has 0 aromatic carbocycles. The van der Waals surface area contributed by atoms with Gasteiger partial charge in [-0.2, -0.15) is 0 Å². The van der Waals surface area contributed by atoms with Crippen LogP contribution in [0.5, 0.6) is 0 Å². The van der Waals surface area contributed by atoms with Crippen LogP contribution in [0.3, 0.4) is 0 Å². The van der Waals surface area contributed by atoms with Crippen molar-refractivity contribution in [2.75, 3.05) is 6.54 Å². The van der Waals surface area contributed by atoms with E-state index in [2.05, 4.69) is 46.2 Å². The Balaban J connectivity index is 2.15. The largest absolute Gasteiger partial charge is 0.325 e. The Hall–Kier alpha value is -1.13. The maximum atomic E-state index is 4.34. The Labute approximate surface area is 119 Å². The van der Waals surface area contributed by atoms with Crippen LogP contribution < -0.4 is 5.32 Å². The highest BCUT2D eigenvalue weighted by Gasteiger charge is 2.16. The molecule has 1 unspecified atom stereocenters. The first-order valence-electron chi connectivity index (χ1n) is 7.11. The van der Waals surface area contributed by atoms with Gasteiger partial charge in [-0.25, -0.2) is 4.98 Å². The van der Waals surface area contributed by atoms with Crippen LogP contribution in [0.15, 0.2) is 30.0 Å². The van der Waals surface area contributed by atoms with Crippen LogP contribution in [0, 0.1) is 0 Å². The van der Waals surface area contributed by atoms with E-state index in [1.165, 1.54) is 17.0 Å². The quantitative estimate of drug-likeness (QED) is 0.743. The monoisotopic (exact) mass is 277 g/mol. The minimum Gasteiger partial charge on any atom is -0.325 e. The average molecular weight is 277 g/mol. The van der Waals surface area contributed by atoms with Crippen molar-refractivity contribution in [1.82, 2.24) is 14.9 Å². The van der Waals surface area contributed by atoms with Gasteiger partial charge in [0.15, 0.2) is 0 Å². The van der Waals surface area contributed by atoms with E-state index in [4.69, 9.17) is 0 Å². The fourth-order valence-corrected chi connectivity index (χ4v) is 3.18. The molecular weight excluding hydrogens is 254 g/mol. The molecule has 0 aliphatic carbocycles. The van der Waals surface area contributed by atoms with Gasteiger partial charge in [0, 0.05) is 17.6 Å². The number of nitrogens with one attached hydrogen (secondary N) is 1. The van der Waals surface area contributed by atoms with Crippen molar-refractivity contribution in [3.05, 3.63) is 40.6 Å². The molecule has 3 nitrogen and oxygen atoms in total. The number of thiophene rings is 1. The molecule has 2 rings (SSSR count). The maximum Gasteiger partial charge on any atom is 0.0954 e. The number of aromatic nitrogens is 2. The Morgan fingerprint density at radius 1 is 1.37 bits per heavy atom. The zero-order valence-electron chi connectivity index (χ0n) is 11.8. The lowest BCUT2D eigenvalue weighted by atomic mass is 10.1. The lowest BCUT2D eigenvalue weighted by Crippen LogP contribution is -2.19. The standard InChI is InChI=1S/C15H23N3S/c1-3-6-14(15-7-5-9-19-15)18-12-17-11-13(18)10-16-8-4-2/h5,7,9,11-12,14,16H,3-4,6,8,10H2,1-2H3. The molecule has 0 radical (unpaired) electrons. The maximum absolute atomic E-state index is 4.34. The van der Waals surface area contributed by atoms with E-state index in [1.807, 2.05) is 23.9 Å². The van der Waals surface area contributed by atoms with Crippen molar-refractivity contribution in [3.63, 3.8) is 0 Å². The summed E-state index contributed by atoms with van der Waals surface area (Å²) in [6, 6.07) is 4.80. The van der Waals surface area contributed by atoms with Gasteiger partial charge < -0.3 is 9.88 Å². The summed E-state index contributed by atoms with van der Waals surface area (Å²) in [5, 5.41) is 5.62. The van der Waals surface area contributed by atoms with Gasteiger partial charge in [0.1, 0.15) is 0 Å². The van der Waals surface area contributed by atoms with Gasteiger partial charge in [-0.05, 0) is 30.8 Å². The molecule has 0 aliphatic heterocycles. The summed E-state index contributed by atoms with van der Waals surface area (Å²) in [4.78, 5) is 5.77. The number of hydrogen-bond acceptors (Lipinski definition) is 3. The first-order chi connectivity index (χ1) is 9.36. The first kappa shape index (κ1) is 14.3.